The Kier molecular flexibility index (Phi) is 3.42. The molecule has 0 aromatic carbocycles. The zero-order valence-electron chi connectivity index (χ0n) is 9.81. The lowest BCUT2D eigenvalue weighted by atomic mass is 10.2. The summed E-state index contributed by atoms with van der Waals surface area (Å²) in [5, 5.41) is 0. The van der Waals surface area contributed by atoms with Crippen molar-refractivity contribution in [3.63, 3.8) is 0 Å². The second-order valence-corrected chi connectivity index (χ2v) is 4.63. The fourth-order valence-electron chi connectivity index (χ4n) is 1.60. The number of halogens is 1. The minimum absolute atomic E-state index is 0.472. The van der Waals surface area contributed by atoms with E-state index in [1.54, 1.807) is 12.5 Å². The molecular formula is C11H14BrN5. The SMILES string of the molecule is CCCc1nc(-c2cncn2C)nc(N)c1Br. The highest BCUT2D eigenvalue weighted by atomic mass is 79.9. The second kappa shape index (κ2) is 4.83. The molecule has 6 heteroatoms. The smallest absolute Gasteiger partial charge is 0.180 e. The molecule has 5 nitrogen and oxygen atoms in total. The molecule has 2 N–H and O–H groups in total. The van der Waals surface area contributed by atoms with Crippen LogP contribution in [0.2, 0.25) is 0 Å². The Hall–Kier alpha value is -1.43. The van der Waals surface area contributed by atoms with Crippen molar-refractivity contribution < 1.29 is 0 Å². The molecule has 0 aliphatic heterocycles. The van der Waals surface area contributed by atoms with Gasteiger partial charge < -0.3 is 10.3 Å². The molecule has 0 spiro atoms. The second-order valence-electron chi connectivity index (χ2n) is 3.83. The van der Waals surface area contributed by atoms with Crippen LogP contribution in [0.4, 0.5) is 5.82 Å². The fraction of sp³-hybridized carbons (Fsp3) is 0.364. The summed E-state index contributed by atoms with van der Waals surface area (Å²) in [5.74, 6) is 1.09. The summed E-state index contributed by atoms with van der Waals surface area (Å²) in [4.78, 5) is 12.9. The van der Waals surface area contributed by atoms with Gasteiger partial charge in [0.25, 0.3) is 0 Å². The first-order valence-electron chi connectivity index (χ1n) is 5.42. The molecule has 0 aliphatic carbocycles. The first kappa shape index (κ1) is 12.0. The fourth-order valence-corrected chi connectivity index (χ4v) is 1.98. The molecule has 0 unspecified atom stereocenters. The molecule has 2 rings (SSSR count). The Morgan fingerprint density at radius 1 is 1.41 bits per heavy atom. The molecular weight excluding hydrogens is 282 g/mol. The van der Waals surface area contributed by atoms with E-state index < -0.39 is 0 Å². The highest BCUT2D eigenvalue weighted by Gasteiger charge is 2.12. The molecule has 0 bridgehead atoms. The number of aryl methyl sites for hydroxylation is 2. The largest absolute Gasteiger partial charge is 0.383 e. The molecule has 0 atom stereocenters. The number of aromatic nitrogens is 4. The van der Waals surface area contributed by atoms with Gasteiger partial charge in [0, 0.05) is 7.05 Å². The maximum absolute atomic E-state index is 5.88. The number of hydrogen-bond donors (Lipinski definition) is 1. The van der Waals surface area contributed by atoms with Gasteiger partial charge in [-0.25, -0.2) is 15.0 Å². The number of nitrogens with zero attached hydrogens (tertiary/aromatic N) is 4. The molecule has 2 heterocycles. The monoisotopic (exact) mass is 295 g/mol. The predicted octanol–water partition coefficient (Wildman–Crippen LogP) is 2.17. The van der Waals surface area contributed by atoms with Crippen LogP contribution in [0, 0.1) is 0 Å². The topological polar surface area (TPSA) is 69.6 Å². The van der Waals surface area contributed by atoms with Crippen molar-refractivity contribution in [1.82, 2.24) is 19.5 Å². The van der Waals surface area contributed by atoms with Crippen molar-refractivity contribution in [3.05, 3.63) is 22.7 Å². The molecule has 0 saturated heterocycles. The quantitative estimate of drug-likeness (QED) is 0.942. The highest BCUT2D eigenvalue weighted by molar-refractivity contribution is 9.10. The van der Waals surface area contributed by atoms with Gasteiger partial charge in [-0.15, -0.1) is 0 Å². The van der Waals surface area contributed by atoms with E-state index in [4.69, 9.17) is 5.73 Å². The van der Waals surface area contributed by atoms with Gasteiger partial charge in [0.1, 0.15) is 11.5 Å². The van der Waals surface area contributed by atoms with Crippen molar-refractivity contribution in [3.8, 4) is 11.5 Å². The minimum atomic E-state index is 0.472. The van der Waals surface area contributed by atoms with Crippen LogP contribution in [0.15, 0.2) is 17.0 Å². The maximum Gasteiger partial charge on any atom is 0.180 e. The summed E-state index contributed by atoms with van der Waals surface area (Å²) >= 11 is 3.42. The van der Waals surface area contributed by atoms with E-state index in [0.29, 0.717) is 11.6 Å². The molecule has 0 radical (unpaired) electrons. The first-order chi connectivity index (χ1) is 8.13. The van der Waals surface area contributed by atoms with E-state index in [1.807, 2.05) is 11.6 Å². The number of rotatable bonds is 3. The Morgan fingerprint density at radius 2 is 2.18 bits per heavy atom. The number of nitrogen functional groups attached to an aromatic ring is 1. The van der Waals surface area contributed by atoms with E-state index in [1.165, 1.54) is 0 Å². The van der Waals surface area contributed by atoms with Crippen molar-refractivity contribution in [2.45, 2.75) is 19.8 Å². The van der Waals surface area contributed by atoms with Gasteiger partial charge in [-0.3, -0.25) is 0 Å². The van der Waals surface area contributed by atoms with E-state index in [0.717, 1.165) is 28.7 Å². The van der Waals surface area contributed by atoms with E-state index in [2.05, 4.69) is 37.8 Å². The third kappa shape index (κ3) is 2.31. The van der Waals surface area contributed by atoms with Crippen LogP contribution in [0.25, 0.3) is 11.5 Å². The molecule has 90 valence electrons. The first-order valence-corrected chi connectivity index (χ1v) is 6.21. The van der Waals surface area contributed by atoms with Crippen LogP contribution in [-0.2, 0) is 13.5 Å². The van der Waals surface area contributed by atoms with Crippen LogP contribution in [0.1, 0.15) is 19.0 Å². The molecule has 0 saturated carbocycles. The van der Waals surface area contributed by atoms with E-state index >= 15 is 0 Å². The van der Waals surface area contributed by atoms with Gasteiger partial charge >= 0.3 is 0 Å². The summed E-state index contributed by atoms with van der Waals surface area (Å²) in [6, 6.07) is 0. The molecule has 2 aromatic rings. The number of nitrogens with two attached hydrogens (primary N) is 1. The van der Waals surface area contributed by atoms with Crippen LogP contribution in [0.5, 0.6) is 0 Å². The Morgan fingerprint density at radius 3 is 2.76 bits per heavy atom. The third-order valence-corrected chi connectivity index (χ3v) is 3.34. The third-order valence-electron chi connectivity index (χ3n) is 2.48. The van der Waals surface area contributed by atoms with Gasteiger partial charge in [0.2, 0.25) is 0 Å². The van der Waals surface area contributed by atoms with Crippen LogP contribution in [-0.4, -0.2) is 19.5 Å². The maximum atomic E-state index is 5.88. The highest BCUT2D eigenvalue weighted by Crippen LogP contribution is 2.25. The van der Waals surface area contributed by atoms with Crippen LogP contribution >= 0.6 is 15.9 Å². The van der Waals surface area contributed by atoms with Crippen LogP contribution in [0.3, 0.4) is 0 Å². The zero-order chi connectivity index (χ0) is 12.4. The molecule has 2 aromatic heterocycles. The number of anilines is 1. The number of imidazole rings is 1. The van der Waals surface area contributed by atoms with Crippen molar-refractivity contribution in [2.75, 3.05) is 5.73 Å². The Labute approximate surface area is 108 Å². The van der Waals surface area contributed by atoms with Gasteiger partial charge in [0.05, 0.1) is 22.7 Å². The lowest BCUT2D eigenvalue weighted by molar-refractivity contribution is 0.858. The summed E-state index contributed by atoms with van der Waals surface area (Å²) < 4.78 is 2.67. The number of hydrogen-bond acceptors (Lipinski definition) is 4. The van der Waals surface area contributed by atoms with Gasteiger partial charge in [-0.1, -0.05) is 13.3 Å². The van der Waals surface area contributed by atoms with Crippen molar-refractivity contribution >= 4 is 21.7 Å². The molecule has 17 heavy (non-hydrogen) atoms. The summed E-state index contributed by atoms with van der Waals surface area (Å²) in [6.45, 7) is 2.11. The van der Waals surface area contributed by atoms with Gasteiger partial charge in [0.15, 0.2) is 5.82 Å². The standard InChI is InChI=1S/C11H14BrN5/c1-3-4-7-9(12)10(13)16-11(15-7)8-5-14-6-17(8)2/h5-6H,3-4H2,1-2H3,(H2,13,15,16). The summed E-state index contributed by atoms with van der Waals surface area (Å²) in [7, 11) is 1.91. The normalized spacial score (nSPS) is 10.8. The van der Waals surface area contributed by atoms with Gasteiger partial charge in [-0.05, 0) is 22.4 Å². The summed E-state index contributed by atoms with van der Waals surface area (Å²) in [6.07, 6.45) is 5.34. The van der Waals surface area contributed by atoms with E-state index in [9.17, 15) is 0 Å². The molecule has 0 aliphatic rings. The van der Waals surface area contributed by atoms with Gasteiger partial charge in [-0.2, -0.15) is 0 Å². The Bertz CT molecular complexity index is 535. The van der Waals surface area contributed by atoms with Crippen molar-refractivity contribution in [1.29, 1.82) is 0 Å². The Balaban J connectivity index is 2.53. The average molecular weight is 296 g/mol. The lowest BCUT2D eigenvalue weighted by Crippen LogP contribution is -2.04. The zero-order valence-corrected chi connectivity index (χ0v) is 11.4. The predicted molar refractivity (Wildman–Crippen MR) is 70.3 cm³/mol. The minimum Gasteiger partial charge on any atom is -0.383 e. The van der Waals surface area contributed by atoms with E-state index in [-0.39, 0.29) is 0 Å². The van der Waals surface area contributed by atoms with Crippen molar-refractivity contribution in [2.24, 2.45) is 7.05 Å². The summed E-state index contributed by atoms with van der Waals surface area (Å²) in [5.41, 5.74) is 7.68. The average Bonchev–Trinajstić information content (AvgIpc) is 2.71. The van der Waals surface area contributed by atoms with Crippen LogP contribution < -0.4 is 5.73 Å². The lowest BCUT2D eigenvalue weighted by Gasteiger charge is -2.08. The molecule has 0 fully saturated rings. The molecule has 0 amide bonds.